The van der Waals surface area contributed by atoms with E-state index in [0.29, 0.717) is 5.56 Å². The fourth-order valence-corrected chi connectivity index (χ4v) is 3.23. The number of hydrogen-bond donors (Lipinski definition) is 0. The van der Waals surface area contributed by atoms with Gasteiger partial charge in [0.25, 0.3) is 5.91 Å². The molecule has 1 heterocycles. The number of esters is 1. The van der Waals surface area contributed by atoms with E-state index in [4.69, 9.17) is 4.74 Å². The number of rotatable bonds is 3. The Kier molecular flexibility index (Phi) is 4.71. The first-order valence-electron chi connectivity index (χ1n) is 7.85. The molecule has 4 nitrogen and oxygen atoms in total. The van der Waals surface area contributed by atoms with Crippen molar-refractivity contribution in [1.29, 1.82) is 0 Å². The predicted octanol–water partition coefficient (Wildman–Crippen LogP) is 3.97. The summed E-state index contributed by atoms with van der Waals surface area (Å²) in [7, 11) is 0. The molecule has 0 saturated carbocycles. The van der Waals surface area contributed by atoms with Crippen molar-refractivity contribution in [3.8, 4) is 0 Å². The second-order valence-electron chi connectivity index (χ2n) is 5.94. The third kappa shape index (κ3) is 3.22. The van der Waals surface area contributed by atoms with Gasteiger partial charge in [-0.15, -0.1) is 0 Å². The number of nitrogens with zero attached hydrogens (tertiary/aromatic N) is 1. The number of fused-ring (bicyclic) bond motifs is 1. The molecule has 0 fully saturated rings. The van der Waals surface area contributed by atoms with Gasteiger partial charge in [-0.2, -0.15) is 0 Å². The van der Waals surface area contributed by atoms with Gasteiger partial charge in [-0.05, 0) is 56.2 Å². The molecular formula is C19H18BrNO3. The second-order valence-corrected chi connectivity index (χ2v) is 6.86. The van der Waals surface area contributed by atoms with E-state index >= 15 is 0 Å². The lowest BCUT2D eigenvalue weighted by atomic mass is 10.1. The largest absolute Gasteiger partial charge is 0.449 e. The molecule has 0 aliphatic carbocycles. The van der Waals surface area contributed by atoms with Crippen LogP contribution in [0.15, 0.2) is 53.0 Å². The predicted molar refractivity (Wildman–Crippen MR) is 96.1 cm³/mol. The lowest BCUT2D eigenvalue weighted by molar-refractivity contribution is -0.126. The SMILES string of the molecule is C[C@@H]1Cc2ccccc2N1C(=O)[C@@H](C)OC(=O)c1ccc(Br)cc1. The monoisotopic (exact) mass is 387 g/mol. The number of carbonyl (C=O) groups is 2. The maximum absolute atomic E-state index is 12.8. The zero-order valence-electron chi connectivity index (χ0n) is 13.5. The molecule has 124 valence electrons. The maximum Gasteiger partial charge on any atom is 0.338 e. The Balaban J connectivity index is 1.73. The topological polar surface area (TPSA) is 46.6 Å². The Morgan fingerprint density at radius 3 is 2.54 bits per heavy atom. The number of halogens is 1. The van der Waals surface area contributed by atoms with E-state index in [2.05, 4.69) is 15.9 Å². The van der Waals surface area contributed by atoms with Crippen LogP contribution in [0.25, 0.3) is 0 Å². The number of amides is 1. The molecule has 2 atom stereocenters. The molecule has 1 aliphatic heterocycles. The molecule has 2 aromatic rings. The first-order chi connectivity index (χ1) is 11.5. The molecule has 0 radical (unpaired) electrons. The van der Waals surface area contributed by atoms with E-state index in [1.807, 2.05) is 31.2 Å². The van der Waals surface area contributed by atoms with Crippen LogP contribution in [0.1, 0.15) is 29.8 Å². The lowest BCUT2D eigenvalue weighted by Gasteiger charge is -2.25. The van der Waals surface area contributed by atoms with Gasteiger partial charge in [-0.1, -0.05) is 34.1 Å². The first-order valence-corrected chi connectivity index (χ1v) is 8.64. The second kappa shape index (κ2) is 6.77. The van der Waals surface area contributed by atoms with Crippen LogP contribution in [0, 0.1) is 0 Å². The molecule has 5 heteroatoms. The number of benzene rings is 2. The summed E-state index contributed by atoms with van der Waals surface area (Å²) in [6, 6.07) is 14.8. The van der Waals surface area contributed by atoms with Crippen LogP contribution >= 0.6 is 15.9 Å². The molecule has 0 spiro atoms. The summed E-state index contributed by atoms with van der Waals surface area (Å²) in [6.45, 7) is 3.62. The Hall–Kier alpha value is -2.14. The third-order valence-electron chi connectivity index (χ3n) is 4.16. The summed E-state index contributed by atoms with van der Waals surface area (Å²) in [4.78, 5) is 26.7. The van der Waals surface area contributed by atoms with Crippen LogP contribution in [-0.2, 0) is 16.0 Å². The highest BCUT2D eigenvalue weighted by atomic mass is 79.9. The van der Waals surface area contributed by atoms with Crippen molar-refractivity contribution in [2.75, 3.05) is 4.90 Å². The highest BCUT2D eigenvalue weighted by Gasteiger charge is 2.34. The number of ether oxygens (including phenoxy) is 1. The molecule has 1 aliphatic rings. The van der Waals surface area contributed by atoms with Crippen LogP contribution in [-0.4, -0.2) is 24.0 Å². The molecule has 0 bridgehead atoms. The minimum atomic E-state index is -0.838. The van der Waals surface area contributed by atoms with Crippen LogP contribution in [0.2, 0.25) is 0 Å². The fourth-order valence-electron chi connectivity index (χ4n) is 2.96. The van der Waals surface area contributed by atoms with Crippen molar-refractivity contribution in [1.82, 2.24) is 0 Å². The van der Waals surface area contributed by atoms with Gasteiger partial charge in [0.2, 0.25) is 0 Å². The fraction of sp³-hybridized carbons (Fsp3) is 0.263. The van der Waals surface area contributed by atoms with Gasteiger partial charge in [0.1, 0.15) is 0 Å². The van der Waals surface area contributed by atoms with Crippen molar-refractivity contribution >= 4 is 33.5 Å². The van der Waals surface area contributed by atoms with E-state index in [1.54, 1.807) is 36.1 Å². The third-order valence-corrected chi connectivity index (χ3v) is 4.68. The summed E-state index contributed by atoms with van der Waals surface area (Å²) >= 11 is 3.32. The van der Waals surface area contributed by atoms with Gasteiger partial charge in [0.05, 0.1) is 5.56 Å². The standard InChI is InChI=1S/C19H18BrNO3/c1-12-11-15-5-3-4-6-17(15)21(12)18(22)13(2)24-19(23)14-7-9-16(20)10-8-14/h3-10,12-13H,11H2,1-2H3/t12-,13-/m1/s1. The van der Waals surface area contributed by atoms with Crippen LogP contribution in [0.5, 0.6) is 0 Å². The minimum Gasteiger partial charge on any atom is -0.449 e. The van der Waals surface area contributed by atoms with E-state index in [9.17, 15) is 9.59 Å². The summed E-state index contributed by atoms with van der Waals surface area (Å²) in [5.41, 5.74) is 2.47. The zero-order valence-corrected chi connectivity index (χ0v) is 15.1. The smallest absolute Gasteiger partial charge is 0.338 e. The Morgan fingerprint density at radius 2 is 1.83 bits per heavy atom. The van der Waals surface area contributed by atoms with Crippen LogP contribution < -0.4 is 4.90 Å². The Morgan fingerprint density at radius 1 is 1.17 bits per heavy atom. The molecule has 0 aromatic heterocycles. The highest BCUT2D eigenvalue weighted by molar-refractivity contribution is 9.10. The number of carbonyl (C=O) groups excluding carboxylic acids is 2. The van der Waals surface area contributed by atoms with Gasteiger partial charge in [0, 0.05) is 16.2 Å². The van der Waals surface area contributed by atoms with Gasteiger partial charge in [0.15, 0.2) is 6.10 Å². The van der Waals surface area contributed by atoms with E-state index in [0.717, 1.165) is 22.1 Å². The number of para-hydroxylation sites is 1. The van der Waals surface area contributed by atoms with E-state index < -0.39 is 12.1 Å². The highest BCUT2D eigenvalue weighted by Crippen LogP contribution is 2.32. The van der Waals surface area contributed by atoms with Crippen molar-refractivity contribution in [3.05, 3.63) is 64.1 Å². The first kappa shape index (κ1) is 16.7. The van der Waals surface area contributed by atoms with Gasteiger partial charge in [-0.3, -0.25) is 4.79 Å². The molecule has 0 unspecified atom stereocenters. The van der Waals surface area contributed by atoms with E-state index in [-0.39, 0.29) is 11.9 Å². The lowest BCUT2D eigenvalue weighted by Crippen LogP contribution is -2.43. The molecule has 2 aromatic carbocycles. The van der Waals surface area contributed by atoms with Crippen molar-refractivity contribution < 1.29 is 14.3 Å². The summed E-state index contributed by atoms with van der Waals surface area (Å²) in [5.74, 6) is -0.693. The molecule has 0 N–H and O–H groups in total. The minimum absolute atomic E-state index is 0.0590. The molecule has 3 rings (SSSR count). The average molecular weight is 388 g/mol. The van der Waals surface area contributed by atoms with Gasteiger partial charge >= 0.3 is 5.97 Å². The summed E-state index contributed by atoms with van der Waals surface area (Å²) in [5, 5.41) is 0. The molecule has 1 amide bonds. The molecule has 0 saturated heterocycles. The maximum atomic E-state index is 12.8. The van der Waals surface area contributed by atoms with Crippen LogP contribution in [0.4, 0.5) is 5.69 Å². The molecular weight excluding hydrogens is 370 g/mol. The Labute approximate surface area is 149 Å². The average Bonchev–Trinajstić information content (AvgIpc) is 2.90. The summed E-state index contributed by atoms with van der Waals surface area (Å²) < 4.78 is 6.25. The number of anilines is 1. The zero-order chi connectivity index (χ0) is 17.3. The van der Waals surface area contributed by atoms with Crippen molar-refractivity contribution in [2.24, 2.45) is 0 Å². The molecule has 24 heavy (non-hydrogen) atoms. The van der Waals surface area contributed by atoms with Crippen LogP contribution in [0.3, 0.4) is 0 Å². The van der Waals surface area contributed by atoms with Gasteiger partial charge in [-0.25, -0.2) is 4.79 Å². The van der Waals surface area contributed by atoms with Gasteiger partial charge < -0.3 is 9.64 Å². The van der Waals surface area contributed by atoms with Crippen molar-refractivity contribution in [3.63, 3.8) is 0 Å². The Bertz CT molecular complexity index is 772. The van der Waals surface area contributed by atoms with Crippen molar-refractivity contribution in [2.45, 2.75) is 32.4 Å². The van der Waals surface area contributed by atoms with E-state index in [1.165, 1.54) is 0 Å². The summed E-state index contributed by atoms with van der Waals surface area (Å²) in [6.07, 6.45) is -0.0234. The quantitative estimate of drug-likeness (QED) is 0.748. The number of hydrogen-bond acceptors (Lipinski definition) is 3. The normalized spacial score (nSPS) is 17.3.